The van der Waals surface area contributed by atoms with Gasteiger partial charge in [-0.3, -0.25) is 4.79 Å². The Balaban J connectivity index is 2.20. The molecule has 0 aromatic heterocycles. The van der Waals surface area contributed by atoms with Gasteiger partial charge in [0.15, 0.2) is 0 Å². The van der Waals surface area contributed by atoms with Crippen LogP contribution in [0.15, 0.2) is 0 Å². The second-order valence-electron chi connectivity index (χ2n) is 4.23. The highest BCUT2D eigenvalue weighted by molar-refractivity contribution is 5.78. The van der Waals surface area contributed by atoms with Crippen molar-refractivity contribution in [3.63, 3.8) is 0 Å². The second kappa shape index (κ2) is 3.44. The Kier molecular flexibility index (Phi) is 2.73. The molecule has 1 aliphatic rings. The number of carbonyl (C=O) groups excluding carboxylic acids is 1. The smallest absolute Gasteiger partial charge is 0.220 e. The second-order valence-corrected chi connectivity index (χ2v) is 4.23. The van der Waals surface area contributed by atoms with Crippen molar-refractivity contribution in [2.45, 2.75) is 45.3 Å². The van der Waals surface area contributed by atoms with Crippen LogP contribution in [0.25, 0.3) is 0 Å². The normalized spacial score (nSPS) is 24.2. The fourth-order valence-corrected chi connectivity index (χ4v) is 1.15. The van der Waals surface area contributed by atoms with Gasteiger partial charge < -0.3 is 10.1 Å². The van der Waals surface area contributed by atoms with E-state index in [1.54, 1.807) is 0 Å². The Morgan fingerprint density at radius 3 is 2.67 bits per heavy atom. The molecule has 70 valence electrons. The van der Waals surface area contributed by atoms with Crippen molar-refractivity contribution < 1.29 is 9.53 Å². The highest BCUT2D eigenvalue weighted by Crippen LogP contribution is 2.12. The highest BCUT2D eigenvalue weighted by atomic mass is 16.5. The number of rotatable bonds is 2. The number of ether oxygens (including phenoxy) is 1. The molecule has 1 rings (SSSR count). The summed E-state index contributed by atoms with van der Waals surface area (Å²) in [5, 5.41) is 2.86. The van der Waals surface area contributed by atoms with Gasteiger partial charge in [0.05, 0.1) is 18.2 Å². The summed E-state index contributed by atoms with van der Waals surface area (Å²) >= 11 is 0. The first-order valence-electron chi connectivity index (χ1n) is 4.41. The Morgan fingerprint density at radius 2 is 2.25 bits per heavy atom. The lowest BCUT2D eigenvalue weighted by Crippen LogP contribution is -2.33. The summed E-state index contributed by atoms with van der Waals surface area (Å²) in [5.74, 6) is 0.150. The van der Waals surface area contributed by atoms with Crippen molar-refractivity contribution in [1.82, 2.24) is 5.32 Å². The van der Waals surface area contributed by atoms with Gasteiger partial charge >= 0.3 is 0 Å². The largest absolute Gasteiger partial charge is 0.374 e. The van der Waals surface area contributed by atoms with Gasteiger partial charge in [0.1, 0.15) is 0 Å². The Bertz CT molecular complexity index is 172. The van der Waals surface area contributed by atoms with E-state index < -0.39 is 0 Å². The Hall–Kier alpha value is -0.570. The molecule has 0 spiro atoms. The molecule has 1 saturated heterocycles. The Morgan fingerprint density at radius 1 is 1.58 bits per heavy atom. The van der Waals surface area contributed by atoms with Gasteiger partial charge in [-0.05, 0) is 27.2 Å². The molecule has 0 aromatic rings. The van der Waals surface area contributed by atoms with Crippen LogP contribution in [0.1, 0.15) is 33.6 Å². The van der Waals surface area contributed by atoms with E-state index in [0.29, 0.717) is 13.0 Å². The average molecular weight is 171 g/mol. The summed E-state index contributed by atoms with van der Waals surface area (Å²) in [6, 6.07) is 0.233. The molecule has 1 N–H and O–H groups in total. The SMILES string of the molecule is CC(C)(C)OC[C@H]1CCC(=O)N1. The quantitative estimate of drug-likeness (QED) is 0.675. The minimum atomic E-state index is -0.104. The zero-order chi connectivity index (χ0) is 9.19. The number of amides is 1. The topological polar surface area (TPSA) is 38.3 Å². The van der Waals surface area contributed by atoms with Gasteiger partial charge in [-0.15, -0.1) is 0 Å². The summed E-state index contributed by atoms with van der Waals surface area (Å²) in [6.07, 6.45) is 1.56. The van der Waals surface area contributed by atoms with Gasteiger partial charge in [0, 0.05) is 6.42 Å². The maximum absolute atomic E-state index is 10.8. The summed E-state index contributed by atoms with van der Waals surface area (Å²) in [4.78, 5) is 10.8. The standard InChI is InChI=1S/C9H17NO2/c1-9(2,3)12-6-7-4-5-8(11)10-7/h7H,4-6H2,1-3H3,(H,10,11)/t7-/m1/s1. The van der Waals surface area contributed by atoms with Crippen molar-refractivity contribution in [3.8, 4) is 0 Å². The van der Waals surface area contributed by atoms with Crippen LogP contribution in [0.2, 0.25) is 0 Å². The number of carbonyl (C=O) groups is 1. The molecule has 0 saturated carbocycles. The molecule has 1 heterocycles. The van der Waals surface area contributed by atoms with Crippen molar-refractivity contribution in [2.24, 2.45) is 0 Å². The monoisotopic (exact) mass is 171 g/mol. The van der Waals surface area contributed by atoms with Gasteiger partial charge in [0.2, 0.25) is 5.91 Å². The molecule has 0 bridgehead atoms. The first-order valence-corrected chi connectivity index (χ1v) is 4.41. The van der Waals surface area contributed by atoms with Crippen molar-refractivity contribution in [3.05, 3.63) is 0 Å². The van der Waals surface area contributed by atoms with Crippen LogP contribution in [-0.2, 0) is 9.53 Å². The third-order valence-corrected chi connectivity index (χ3v) is 1.80. The lowest BCUT2D eigenvalue weighted by Gasteiger charge is -2.22. The molecule has 0 unspecified atom stereocenters. The van der Waals surface area contributed by atoms with Crippen LogP contribution in [-0.4, -0.2) is 24.2 Å². The predicted molar refractivity (Wildman–Crippen MR) is 46.9 cm³/mol. The van der Waals surface area contributed by atoms with Gasteiger partial charge in [0.25, 0.3) is 0 Å². The van der Waals surface area contributed by atoms with E-state index in [4.69, 9.17) is 4.74 Å². The van der Waals surface area contributed by atoms with Crippen LogP contribution in [0.3, 0.4) is 0 Å². The van der Waals surface area contributed by atoms with Crippen LogP contribution >= 0.6 is 0 Å². The van der Waals surface area contributed by atoms with Crippen LogP contribution in [0, 0.1) is 0 Å². The van der Waals surface area contributed by atoms with E-state index >= 15 is 0 Å². The zero-order valence-electron chi connectivity index (χ0n) is 8.02. The fraction of sp³-hybridized carbons (Fsp3) is 0.889. The van der Waals surface area contributed by atoms with E-state index in [-0.39, 0.29) is 17.6 Å². The number of hydrogen-bond acceptors (Lipinski definition) is 2. The van der Waals surface area contributed by atoms with Crippen LogP contribution in [0.5, 0.6) is 0 Å². The molecule has 1 aliphatic heterocycles. The van der Waals surface area contributed by atoms with Crippen LogP contribution in [0.4, 0.5) is 0 Å². The lowest BCUT2D eigenvalue weighted by atomic mass is 10.2. The molecule has 1 amide bonds. The minimum Gasteiger partial charge on any atom is -0.374 e. The summed E-state index contributed by atoms with van der Waals surface area (Å²) in [6.45, 7) is 6.69. The van der Waals surface area contributed by atoms with Crippen molar-refractivity contribution >= 4 is 5.91 Å². The molecule has 0 aromatic carbocycles. The molecule has 1 fully saturated rings. The van der Waals surface area contributed by atoms with E-state index in [2.05, 4.69) is 5.32 Å². The average Bonchev–Trinajstić information content (AvgIpc) is 2.30. The highest BCUT2D eigenvalue weighted by Gasteiger charge is 2.22. The molecule has 1 atom stereocenters. The van der Waals surface area contributed by atoms with Crippen LogP contribution < -0.4 is 5.32 Å². The third kappa shape index (κ3) is 3.22. The minimum absolute atomic E-state index is 0.104. The summed E-state index contributed by atoms with van der Waals surface area (Å²) in [7, 11) is 0. The van der Waals surface area contributed by atoms with Gasteiger partial charge in [-0.25, -0.2) is 0 Å². The lowest BCUT2D eigenvalue weighted by molar-refractivity contribution is -0.119. The molecule has 3 heteroatoms. The molecular weight excluding hydrogens is 154 g/mol. The van der Waals surface area contributed by atoms with Crippen molar-refractivity contribution in [2.75, 3.05) is 6.61 Å². The van der Waals surface area contributed by atoms with Gasteiger partial charge in [-0.2, -0.15) is 0 Å². The van der Waals surface area contributed by atoms with E-state index in [1.165, 1.54) is 0 Å². The van der Waals surface area contributed by atoms with Crippen molar-refractivity contribution in [1.29, 1.82) is 0 Å². The van der Waals surface area contributed by atoms with E-state index in [0.717, 1.165) is 6.42 Å². The summed E-state index contributed by atoms with van der Waals surface area (Å²) in [5.41, 5.74) is -0.104. The summed E-state index contributed by atoms with van der Waals surface area (Å²) < 4.78 is 5.55. The maximum Gasteiger partial charge on any atom is 0.220 e. The van der Waals surface area contributed by atoms with E-state index in [1.807, 2.05) is 20.8 Å². The third-order valence-electron chi connectivity index (χ3n) is 1.80. The zero-order valence-corrected chi connectivity index (χ0v) is 8.02. The Labute approximate surface area is 73.5 Å². The first kappa shape index (κ1) is 9.52. The molecular formula is C9H17NO2. The molecule has 0 radical (unpaired) electrons. The first-order chi connectivity index (χ1) is 5.47. The maximum atomic E-state index is 10.8. The number of nitrogens with one attached hydrogen (secondary N) is 1. The fourth-order valence-electron chi connectivity index (χ4n) is 1.15. The van der Waals surface area contributed by atoms with Gasteiger partial charge in [-0.1, -0.05) is 0 Å². The molecule has 3 nitrogen and oxygen atoms in total. The predicted octanol–water partition coefficient (Wildman–Crippen LogP) is 1.08. The van der Waals surface area contributed by atoms with E-state index in [9.17, 15) is 4.79 Å². The molecule has 12 heavy (non-hydrogen) atoms. The number of hydrogen-bond donors (Lipinski definition) is 1. The molecule has 0 aliphatic carbocycles.